The summed E-state index contributed by atoms with van der Waals surface area (Å²) >= 11 is 0. The SMILES string of the molecule is CCS(=O)(=O)N[C@@H]1[C@H](Cc2cccc(-c3cccc(F)c3)c2F)N(C(=O)C2(C)CCO2)CC1(F)F. The van der Waals surface area contributed by atoms with Gasteiger partial charge in [-0.25, -0.2) is 30.7 Å². The first-order chi connectivity index (χ1) is 16.4. The summed E-state index contributed by atoms with van der Waals surface area (Å²) in [6.45, 7) is 2.06. The molecule has 0 spiro atoms. The lowest BCUT2D eigenvalue weighted by Gasteiger charge is -2.41. The van der Waals surface area contributed by atoms with Gasteiger partial charge in [0.05, 0.1) is 24.9 Å². The molecule has 2 saturated heterocycles. The van der Waals surface area contributed by atoms with Crippen molar-refractivity contribution in [2.45, 2.75) is 50.3 Å². The van der Waals surface area contributed by atoms with Crippen molar-refractivity contribution in [2.75, 3.05) is 18.9 Å². The molecule has 2 aliphatic heterocycles. The van der Waals surface area contributed by atoms with Gasteiger partial charge in [-0.1, -0.05) is 30.3 Å². The summed E-state index contributed by atoms with van der Waals surface area (Å²) in [5.41, 5.74) is -0.987. The number of hydrogen-bond acceptors (Lipinski definition) is 4. The number of ether oxygens (including phenoxy) is 1. The van der Waals surface area contributed by atoms with Crippen molar-refractivity contribution in [3.63, 3.8) is 0 Å². The Morgan fingerprint density at radius 3 is 2.49 bits per heavy atom. The summed E-state index contributed by atoms with van der Waals surface area (Å²) < 4.78 is 91.4. The van der Waals surface area contributed by atoms with Crippen LogP contribution in [0.1, 0.15) is 25.8 Å². The number of carbonyl (C=O) groups excluding carboxylic acids is 1. The maximum Gasteiger partial charge on any atom is 0.283 e. The van der Waals surface area contributed by atoms with Gasteiger partial charge in [0.15, 0.2) is 0 Å². The lowest BCUT2D eigenvalue weighted by Crippen LogP contribution is -2.58. The number of carbonyl (C=O) groups is 1. The molecule has 2 aromatic carbocycles. The third-order valence-corrected chi connectivity index (χ3v) is 8.04. The zero-order valence-electron chi connectivity index (χ0n) is 19.2. The molecule has 2 heterocycles. The Balaban J connectivity index is 1.74. The number of sulfonamides is 1. The molecule has 190 valence electrons. The number of alkyl halides is 2. The van der Waals surface area contributed by atoms with E-state index in [0.717, 1.165) is 11.0 Å². The lowest BCUT2D eigenvalue weighted by molar-refractivity contribution is -0.183. The average Bonchev–Trinajstić information content (AvgIpc) is 3.02. The number of amides is 1. The second kappa shape index (κ2) is 9.18. The fourth-order valence-corrected chi connectivity index (χ4v) is 5.40. The molecule has 0 aromatic heterocycles. The molecule has 6 nitrogen and oxygen atoms in total. The minimum atomic E-state index is -4.08. The first-order valence-electron chi connectivity index (χ1n) is 11.2. The molecule has 3 atom stereocenters. The van der Waals surface area contributed by atoms with Crippen LogP contribution >= 0.6 is 0 Å². The van der Waals surface area contributed by atoms with Crippen LogP contribution in [-0.2, 0) is 26.0 Å². The first kappa shape index (κ1) is 25.6. The fraction of sp³-hybridized carbons (Fsp3) is 0.458. The Kier molecular flexibility index (Phi) is 6.71. The van der Waals surface area contributed by atoms with E-state index in [1.54, 1.807) is 0 Å². The Morgan fingerprint density at radius 1 is 1.20 bits per heavy atom. The zero-order valence-corrected chi connectivity index (χ0v) is 20.0. The molecule has 0 saturated carbocycles. The molecular weight excluding hydrogens is 488 g/mol. The van der Waals surface area contributed by atoms with Gasteiger partial charge in [-0.2, -0.15) is 0 Å². The highest BCUT2D eigenvalue weighted by Gasteiger charge is 2.59. The van der Waals surface area contributed by atoms with Crippen molar-refractivity contribution in [2.24, 2.45) is 0 Å². The van der Waals surface area contributed by atoms with Crippen LogP contribution in [0.25, 0.3) is 11.1 Å². The second-order valence-electron chi connectivity index (χ2n) is 9.08. The minimum Gasteiger partial charge on any atom is -0.365 e. The van der Waals surface area contributed by atoms with E-state index in [9.17, 15) is 17.6 Å². The molecule has 2 fully saturated rings. The molecule has 1 unspecified atom stereocenters. The van der Waals surface area contributed by atoms with Crippen LogP contribution in [-0.4, -0.2) is 61.7 Å². The number of rotatable bonds is 7. The molecular formula is C24H26F4N2O4S. The summed E-state index contributed by atoms with van der Waals surface area (Å²) in [5.74, 6) is -6.07. The summed E-state index contributed by atoms with van der Waals surface area (Å²) in [4.78, 5) is 14.1. The monoisotopic (exact) mass is 514 g/mol. The van der Waals surface area contributed by atoms with E-state index in [-0.39, 0.29) is 23.1 Å². The smallest absolute Gasteiger partial charge is 0.283 e. The third kappa shape index (κ3) is 4.94. The van der Waals surface area contributed by atoms with Crippen molar-refractivity contribution in [1.29, 1.82) is 0 Å². The van der Waals surface area contributed by atoms with E-state index in [1.807, 2.05) is 4.72 Å². The first-order valence-corrected chi connectivity index (χ1v) is 12.9. The largest absolute Gasteiger partial charge is 0.365 e. The quantitative estimate of drug-likeness (QED) is 0.574. The highest BCUT2D eigenvalue weighted by atomic mass is 32.2. The molecule has 1 N–H and O–H groups in total. The second-order valence-corrected chi connectivity index (χ2v) is 11.1. The van der Waals surface area contributed by atoms with Crippen LogP contribution in [0.2, 0.25) is 0 Å². The van der Waals surface area contributed by atoms with Gasteiger partial charge < -0.3 is 9.64 Å². The normalized spacial score (nSPS) is 25.9. The van der Waals surface area contributed by atoms with E-state index in [1.165, 1.54) is 50.2 Å². The summed E-state index contributed by atoms with van der Waals surface area (Å²) in [7, 11) is -4.08. The molecule has 4 rings (SSSR count). The van der Waals surface area contributed by atoms with Gasteiger partial charge in [-0.3, -0.25) is 4.79 Å². The highest BCUT2D eigenvalue weighted by Crippen LogP contribution is 2.39. The number of nitrogens with zero attached hydrogens (tertiary/aromatic N) is 1. The number of halogens is 4. The van der Waals surface area contributed by atoms with E-state index in [4.69, 9.17) is 4.74 Å². The van der Waals surface area contributed by atoms with E-state index in [2.05, 4.69) is 0 Å². The molecule has 11 heteroatoms. The van der Waals surface area contributed by atoms with Crippen LogP contribution < -0.4 is 4.72 Å². The maximum absolute atomic E-state index is 15.5. The molecule has 2 aliphatic rings. The van der Waals surface area contributed by atoms with Crippen molar-refractivity contribution in [3.8, 4) is 11.1 Å². The van der Waals surface area contributed by atoms with Gasteiger partial charge in [0.2, 0.25) is 10.0 Å². The van der Waals surface area contributed by atoms with Crippen molar-refractivity contribution >= 4 is 15.9 Å². The van der Waals surface area contributed by atoms with Crippen molar-refractivity contribution < 1.29 is 35.5 Å². The number of benzene rings is 2. The molecule has 0 bridgehead atoms. The van der Waals surface area contributed by atoms with Gasteiger partial charge >= 0.3 is 0 Å². The molecule has 35 heavy (non-hydrogen) atoms. The molecule has 0 radical (unpaired) electrons. The van der Waals surface area contributed by atoms with Gasteiger partial charge in [0.1, 0.15) is 23.3 Å². The average molecular weight is 515 g/mol. The fourth-order valence-electron chi connectivity index (χ4n) is 4.52. The summed E-state index contributed by atoms with van der Waals surface area (Å²) in [6.07, 6.45) is -0.0568. The predicted octanol–water partition coefficient (Wildman–Crippen LogP) is 3.51. The number of hydrogen-bond donors (Lipinski definition) is 1. The van der Waals surface area contributed by atoms with Crippen LogP contribution in [0.4, 0.5) is 17.6 Å². The topological polar surface area (TPSA) is 75.7 Å². The Morgan fingerprint density at radius 2 is 1.89 bits per heavy atom. The number of nitrogens with one attached hydrogen (secondary N) is 1. The standard InChI is InChI=1S/C24H26F4N2O4S/c1-3-35(32,33)29-21-19(30(14-24(21,27)28)22(31)23(2)10-11-34-23)13-16-7-5-9-18(20(16)26)15-6-4-8-17(25)12-15/h4-9,12,19,21,29H,3,10-11,13-14H2,1-2H3/t19-,21+,23?/m0/s1. The van der Waals surface area contributed by atoms with Gasteiger partial charge in [-0.05, 0) is 43.5 Å². The van der Waals surface area contributed by atoms with Crippen LogP contribution in [0.3, 0.4) is 0 Å². The molecule has 2 aromatic rings. The Bertz CT molecular complexity index is 1230. The van der Waals surface area contributed by atoms with Crippen molar-refractivity contribution in [1.82, 2.24) is 9.62 Å². The number of likely N-dealkylation sites (tertiary alicyclic amines) is 1. The van der Waals surface area contributed by atoms with Crippen LogP contribution in [0.5, 0.6) is 0 Å². The highest BCUT2D eigenvalue weighted by molar-refractivity contribution is 7.89. The predicted molar refractivity (Wildman–Crippen MR) is 121 cm³/mol. The molecule has 1 amide bonds. The van der Waals surface area contributed by atoms with Gasteiger partial charge in [0, 0.05) is 12.0 Å². The van der Waals surface area contributed by atoms with Gasteiger partial charge in [-0.15, -0.1) is 0 Å². The van der Waals surface area contributed by atoms with E-state index < -0.39 is 63.5 Å². The van der Waals surface area contributed by atoms with E-state index in [0.29, 0.717) is 13.0 Å². The Hall–Kier alpha value is -2.50. The maximum atomic E-state index is 15.5. The minimum absolute atomic E-state index is 0.00682. The zero-order chi connectivity index (χ0) is 25.6. The van der Waals surface area contributed by atoms with Crippen molar-refractivity contribution in [3.05, 3.63) is 59.7 Å². The molecule has 0 aliphatic carbocycles. The Labute approximate surface area is 201 Å². The van der Waals surface area contributed by atoms with E-state index >= 15 is 13.2 Å². The third-order valence-electron chi connectivity index (χ3n) is 6.66. The van der Waals surface area contributed by atoms with Gasteiger partial charge in [0.25, 0.3) is 11.8 Å². The lowest BCUT2D eigenvalue weighted by atomic mass is 9.92. The summed E-state index contributed by atoms with van der Waals surface area (Å²) in [5, 5.41) is 0. The van der Waals surface area contributed by atoms with Crippen LogP contribution in [0.15, 0.2) is 42.5 Å². The summed E-state index contributed by atoms with van der Waals surface area (Å²) in [6, 6.07) is 6.26. The van der Waals surface area contributed by atoms with Crippen LogP contribution in [0, 0.1) is 11.6 Å².